The number of carbonyl (C=O) groups is 1. The number of hydrogen-bond donors (Lipinski definition) is 0. The predicted molar refractivity (Wildman–Crippen MR) is 101 cm³/mol. The van der Waals surface area contributed by atoms with Gasteiger partial charge in [0.25, 0.3) is 0 Å². The zero-order valence-electron chi connectivity index (χ0n) is 15.9. The second kappa shape index (κ2) is 9.49. The summed E-state index contributed by atoms with van der Waals surface area (Å²) in [5.41, 5.74) is 0. The number of esters is 1. The van der Waals surface area contributed by atoms with E-state index in [9.17, 15) is 4.79 Å². The quantitative estimate of drug-likeness (QED) is 0.249. The number of hydrogen-bond acceptors (Lipinski definition) is 4. The molecule has 1 aliphatic rings. The van der Waals surface area contributed by atoms with Crippen molar-refractivity contribution in [2.45, 2.75) is 58.0 Å². The summed E-state index contributed by atoms with van der Waals surface area (Å²) in [6.45, 7) is 13.0. The van der Waals surface area contributed by atoms with Gasteiger partial charge in [0.15, 0.2) is 8.32 Å². The van der Waals surface area contributed by atoms with E-state index in [1.807, 2.05) is 6.08 Å². The first-order valence-electron chi connectivity index (χ1n) is 8.21. The molecule has 1 heterocycles. The smallest absolute Gasteiger partial charge is 0.302 e. The number of carbonyl (C=O) groups excluding carboxylic acids is 1. The van der Waals surface area contributed by atoms with Gasteiger partial charge >= 0.3 is 5.97 Å². The maximum atomic E-state index is 10.6. The van der Waals surface area contributed by atoms with Crippen LogP contribution in [0.5, 0.6) is 0 Å². The van der Waals surface area contributed by atoms with Crippen LogP contribution in [0.3, 0.4) is 0 Å². The molecule has 1 aliphatic heterocycles. The monoisotopic (exact) mass is 358 g/mol. The van der Waals surface area contributed by atoms with E-state index in [1.165, 1.54) is 6.92 Å². The second-order valence-electron chi connectivity index (χ2n) is 7.12. The van der Waals surface area contributed by atoms with Gasteiger partial charge in [0.05, 0.1) is 6.61 Å². The minimum atomic E-state index is -1.74. The average molecular weight is 359 g/mol. The summed E-state index contributed by atoms with van der Waals surface area (Å²) in [5, 5.41) is 0.180. The molecule has 1 fully saturated rings. The molecule has 5 heteroatoms. The van der Waals surface area contributed by atoms with Crippen molar-refractivity contribution < 1.29 is 18.7 Å². The Balaban J connectivity index is 2.28. The molecule has 0 aromatic rings. The van der Waals surface area contributed by atoms with Crippen LogP contribution in [0.2, 0.25) is 18.1 Å². The summed E-state index contributed by atoms with van der Waals surface area (Å²) in [6, 6.07) is 0. The molecule has 0 saturated carbocycles. The minimum absolute atomic E-state index is 0.0473. The normalized spacial score (nSPS) is 19.0. The summed E-state index contributed by atoms with van der Waals surface area (Å²) >= 11 is 0. The Labute approximate surface area is 152 Å². The molecule has 0 radical (unpaired) electrons. The fourth-order valence-corrected chi connectivity index (χ4v) is 2.29. The lowest BCUT2D eigenvalue weighted by Gasteiger charge is -2.35. The first-order chi connectivity index (χ1) is 11.6. The fraction of sp³-hybridized carbons (Fsp3) is 0.550. The van der Waals surface area contributed by atoms with Crippen LogP contribution in [-0.4, -0.2) is 39.7 Å². The maximum absolute atomic E-state index is 10.6. The number of epoxide rings is 1. The molecule has 134 valence electrons. The molecule has 1 rings (SSSR count). The Kier molecular flexibility index (Phi) is 8.00. The van der Waals surface area contributed by atoms with Crippen molar-refractivity contribution in [1.82, 2.24) is 0 Å². The Morgan fingerprint density at radius 2 is 1.88 bits per heavy atom. The van der Waals surface area contributed by atoms with Crippen LogP contribution in [-0.2, 0) is 18.7 Å². The van der Waals surface area contributed by atoms with Gasteiger partial charge in [0.1, 0.15) is 18.8 Å². The first kappa shape index (κ1) is 21.1. The highest BCUT2D eigenvalue weighted by Gasteiger charge is 2.36. The molecule has 0 aromatic carbocycles. The summed E-state index contributed by atoms with van der Waals surface area (Å²) in [7, 11) is -1.74. The van der Waals surface area contributed by atoms with Gasteiger partial charge in [0.2, 0.25) is 0 Å². The Morgan fingerprint density at radius 3 is 2.52 bits per heavy atom. The van der Waals surface area contributed by atoms with Gasteiger partial charge in [-0.2, -0.15) is 0 Å². The largest absolute Gasteiger partial charge is 0.462 e. The Morgan fingerprint density at radius 1 is 1.20 bits per heavy atom. The van der Waals surface area contributed by atoms with Crippen molar-refractivity contribution in [3.05, 3.63) is 12.2 Å². The molecule has 0 aromatic heterocycles. The van der Waals surface area contributed by atoms with Crippen molar-refractivity contribution in [1.29, 1.82) is 0 Å². The molecular weight excluding hydrogens is 332 g/mol. The van der Waals surface area contributed by atoms with Crippen LogP contribution in [0, 0.1) is 35.5 Å². The van der Waals surface area contributed by atoms with Crippen molar-refractivity contribution in [3.63, 3.8) is 0 Å². The highest BCUT2D eigenvalue weighted by molar-refractivity contribution is 6.74. The zero-order chi connectivity index (χ0) is 18.9. The van der Waals surface area contributed by atoms with E-state index < -0.39 is 8.32 Å². The predicted octanol–water partition coefficient (Wildman–Crippen LogP) is 2.91. The van der Waals surface area contributed by atoms with E-state index in [4.69, 9.17) is 13.9 Å². The fourth-order valence-electron chi connectivity index (χ4n) is 1.42. The SMILES string of the molecule is CC(=O)OC/C=C/C1OC1C#CC#CC#CCO[Si](C)(C)C(C)(C)C. The molecular formula is C20H26O4Si. The van der Waals surface area contributed by atoms with E-state index in [1.54, 1.807) is 6.08 Å². The molecule has 0 bridgehead atoms. The Bertz CT molecular complexity index is 681. The molecule has 1 saturated heterocycles. The third kappa shape index (κ3) is 8.61. The maximum Gasteiger partial charge on any atom is 0.302 e. The van der Waals surface area contributed by atoms with E-state index in [0.29, 0.717) is 6.61 Å². The van der Waals surface area contributed by atoms with Gasteiger partial charge in [-0.1, -0.05) is 38.7 Å². The van der Waals surface area contributed by atoms with Gasteiger partial charge in [-0.05, 0) is 47.9 Å². The van der Waals surface area contributed by atoms with Gasteiger partial charge in [-0.15, -0.1) is 0 Å². The highest BCUT2D eigenvalue weighted by atomic mass is 28.4. The van der Waals surface area contributed by atoms with Crippen molar-refractivity contribution in [3.8, 4) is 35.5 Å². The molecule has 25 heavy (non-hydrogen) atoms. The van der Waals surface area contributed by atoms with E-state index in [0.717, 1.165) is 0 Å². The number of rotatable bonds is 5. The highest BCUT2D eigenvalue weighted by Crippen LogP contribution is 2.36. The molecule has 0 spiro atoms. The number of ether oxygens (including phenoxy) is 2. The lowest BCUT2D eigenvalue weighted by molar-refractivity contribution is -0.139. The minimum Gasteiger partial charge on any atom is -0.462 e. The van der Waals surface area contributed by atoms with Gasteiger partial charge in [0, 0.05) is 6.92 Å². The summed E-state index contributed by atoms with van der Waals surface area (Å²) in [5.74, 6) is 16.4. The van der Waals surface area contributed by atoms with Crippen LogP contribution in [0.15, 0.2) is 12.2 Å². The van der Waals surface area contributed by atoms with Gasteiger partial charge in [-0.25, -0.2) is 0 Å². The molecule has 0 amide bonds. The summed E-state index contributed by atoms with van der Waals surface area (Å²) < 4.78 is 16.0. The van der Waals surface area contributed by atoms with E-state index in [-0.39, 0.29) is 29.8 Å². The van der Waals surface area contributed by atoms with E-state index in [2.05, 4.69) is 69.4 Å². The van der Waals surface area contributed by atoms with Gasteiger partial charge < -0.3 is 13.9 Å². The lowest BCUT2D eigenvalue weighted by Crippen LogP contribution is -2.40. The summed E-state index contributed by atoms with van der Waals surface area (Å²) in [6.07, 6.45) is 3.38. The molecule has 0 N–H and O–H groups in total. The van der Waals surface area contributed by atoms with E-state index >= 15 is 0 Å². The lowest BCUT2D eigenvalue weighted by atomic mass is 10.2. The zero-order valence-corrected chi connectivity index (χ0v) is 16.9. The van der Waals surface area contributed by atoms with Crippen molar-refractivity contribution >= 4 is 14.3 Å². The molecule has 2 atom stereocenters. The topological polar surface area (TPSA) is 48.1 Å². The standard InChI is InChI=1S/C20H26O4Si/c1-17(21)22-15-12-14-19-18(24-19)13-10-8-7-9-11-16-23-25(5,6)20(2,3)4/h12,14,18-19H,15-16H2,1-6H3/b14-12+. The molecule has 0 aliphatic carbocycles. The molecule has 2 unspecified atom stereocenters. The second-order valence-corrected chi connectivity index (χ2v) is 11.9. The third-order valence-corrected chi connectivity index (χ3v) is 8.51. The summed E-state index contributed by atoms with van der Waals surface area (Å²) in [4.78, 5) is 10.6. The van der Waals surface area contributed by atoms with Crippen LogP contribution < -0.4 is 0 Å². The molecule has 4 nitrogen and oxygen atoms in total. The van der Waals surface area contributed by atoms with Gasteiger partial charge in [-0.3, -0.25) is 4.79 Å². The van der Waals surface area contributed by atoms with Crippen molar-refractivity contribution in [2.75, 3.05) is 13.2 Å². The van der Waals surface area contributed by atoms with Crippen LogP contribution >= 0.6 is 0 Å². The van der Waals surface area contributed by atoms with Crippen LogP contribution in [0.4, 0.5) is 0 Å². The third-order valence-electron chi connectivity index (χ3n) is 4.04. The van der Waals surface area contributed by atoms with Crippen molar-refractivity contribution in [2.24, 2.45) is 0 Å². The Hall–Kier alpha value is -1.97. The first-order valence-corrected chi connectivity index (χ1v) is 11.1. The van der Waals surface area contributed by atoms with Crippen LogP contribution in [0.25, 0.3) is 0 Å². The van der Waals surface area contributed by atoms with Crippen LogP contribution in [0.1, 0.15) is 27.7 Å². The average Bonchev–Trinajstić information content (AvgIpc) is 3.23.